The molecule has 0 radical (unpaired) electrons. The summed E-state index contributed by atoms with van der Waals surface area (Å²) in [6.45, 7) is 9.70. The number of hydrogen-bond acceptors (Lipinski definition) is 5. The van der Waals surface area contributed by atoms with Crippen molar-refractivity contribution < 1.29 is 4.79 Å². The number of nitrogens with zero attached hydrogens (tertiary/aromatic N) is 4. The molecule has 1 amide bonds. The molecule has 8 nitrogen and oxygen atoms in total. The van der Waals surface area contributed by atoms with E-state index in [4.69, 9.17) is 4.98 Å². The van der Waals surface area contributed by atoms with Crippen LogP contribution in [0.1, 0.15) is 81.3 Å². The largest absolute Gasteiger partial charge is 0.333 e. The number of fused-ring (bicyclic) bond motifs is 1. The van der Waals surface area contributed by atoms with Crippen molar-refractivity contribution in [3.63, 3.8) is 0 Å². The molecule has 3 aliphatic rings. The van der Waals surface area contributed by atoms with Gasteiger partial charge < -0.3 is 9.80 Å². The maximum absolute atomic E-state index is 14.1. The van der Waals surface area contributed by atoms with Gasteiger partial charge in [-0.2, -0.15) is 0 Å². The van der Waals surface area contributed by atoms with Gasteiger partial charge in [0.1, 0.15) is 0 Å². The van der Waals surface area contributed by atoms with Gasteiger partial charge in [0.25, 0.3) is 11.5 Å². The lowest BCUT2D eigenvalue weighted by Gasteiger charge is -2.38. The van der Waals surface area contributed by atoms with Crippen molar-refractivity contribution in [2.24, 2.45) is 5.92 Å². The van der Waals surface area contributed by atoms with E-state index in [0.29, 0.717) is 23.7 Å². The van der Waals surface area contributed by atoms with Crippen LogP contribution >= 0.6 is 0 Å². The van der Waals surface area contributed by atoms with E-state index >= 15 is 0 Å². The van der Waals surface area contributed by atoms with Crippen molar-refractivity contribution in [1.29, 1.82) is 0 Å². The third kappa shape index (κ3) is 4.37. The van der Waals surface area contributed by atoms with E-state index in [1.165, 1.54) is 0 Å². The number of H-pyrrole nitrogens is 1. The lowest BCUT2D eigenvalue weighted by Crippen LogP contribution is -2.48. The summed E-state index contributed by atoms with van der Waals surface area (Å²) in [6.07, 6.45) is 6.03. The van der Waals surface area contributed by atoms with Crippen LogP contribution in [0.4, 0.5) is 0 Å². The molecule has 0 atom stereocenters. The van der Waals surface area contributed by atoms with Gasteiger partial charge in [0.15, 0.2) is 5.65 Å². The summed E-state index contributed by atoms with van der Waals surface area (Å²) in [4.78, 5) is 51.6. The number of rotatable bonds is 7. The van der Waals surface area contributed by atoms with Crippen LogP contribution in [0.3, 0.4) is 0 Å². The Labute approximate surface area is 194 Å². The van der Waals surface area contributed by atoms with E-state index in [1.54, 1.807) is 4.57 Å². The Morgan fingerprint density at radius 1 is 1.12 bits per heavy atom. The third-order valence-corrected chi connectivity index (χ3v) is 7.31. The second-order valence-electron chi connectivity index (χ2n) is 10.4. The second-order valence-corrected chi connectivity index (χ2v) is 10.4. The van der Waals surface area contributed by atoms with Gasteiger partial charge in [-0.05, 0) is 57.1 Å². The summed E-state index contributed by atoms with van der Waals surface area (Å²) in [5.74, 6) is 0.445. The second kappa shape index (κ2) is 8.70. The van der Waals surface area contributed by atoms with E-state index in [9.17, 15) is 14.4 Å². The minimum absolute atomic E-state index is 0.0676. The number of nitrogens with one attached hydrogen (secondary N) is 1. The Morgan fingerprint density at radius 3 is 2.36 bits per heavy atom. The standard InChI is InChI=1S/C25H35N5O3/c1-4-28-11-9-18(10-12-28)30(17-7-8-17)24(32)19-13-20(16-5-6-16)26-22-21(19)23(31)27-25(33)29(22)14-15(2)3/h13,15-18H,4-12,14H2,1-3H3,(H,27,31,33). The first kappa shape index (κ1) is 22.3. The monoisotopic (exact) mass is 453 g/mol. The first-order valence-electron chi connectivity index (χ1n) is 12.6. The van der Waals surface area contributed by atoms with Gasteiger partial charge in [-0.25, -0.2) is 9.78 Å². The molecule has 1 N–H and O–H groups in total. The Balaban J connectivity index is 1.62. The van der Waals surface area contributed by atoms with Crippen molar-refractivity contribution in [2.75, 3.05) is 19.6 Å². The van der Waals surface area contributed by atoms with Crippen molar-refractivity contribution in [1.82, 2.24) is 24.3 Å². The number of likely N-dealkylation sites (tertiary alicyclic amines) is 1. The number of piperidine rings is 1. The highest BCUT2D eigenvalue weighted by molar-refractivity contribution is 6.05. The topological polar surface area (TPSA) is 91.3 Å². The predicted octanol–water partition coefficient (Wildman–Crippen LogP) is 2.71. The molecule has 3 fully saturated rings. The quantitative estimate of drug-likeness (QED) is 0.696. The summed E-state index contributed by atoms with van der Waals surface area (Å²) in [7, 11) is 0. The van der Waals surface area contributed by atoms with Gasteiger partial charge in [0.05, 0.1) is 10.9 Å². The van der Waals surface area contributed by atoms with Crippen LogP contribution in [0.5, 0.6) is 0 Å². The van der Waals surface area contributed by atoms with E-state index in [-0.39, 0.29) is 29.3 Å². The minimum atomic E-state index is -0.509. The van der Waals surface area contributed by atoms with Crippen molar-refractivity contribution >= 4 is 16.9 Å². The first-order valence-corrected chi connectivity index (χ1v) is 12.6. The maximum Gasteiger partial charge on any atom is 0.330 e. The highest BCUT2D eigenvalue weighted by atomic mass is 16.2. The van der Waals surface area contributed by atoms with E-state index < -0.39 is 11.2 Å². The number of amides is 1. The summed E-state index contributed by atoms with van der Waals surface area (Å²) in [6, 6.07) is 2.29. The fraction of sp³-hybridized carbons (Fsp3) is 0.680. The Hall–Kier alpha value is -2.48. The zero-order valence-corrected chi connectivity index (χ0v) is 20.0. The van der Waals surface area contributed by atoms with Gasteiger partial charge in [0.2, 0.25) is 0 Å². The lowest BCUT2D eigenvalue weighted by atomic mass is 10.0. The molecular weight excluding hydrogens is 418 g/mol. The van der Waals surface area contributed by atoms with Crippen molar-refractivity contribution in [2.45, 2.75) is 83.8 Å². The number of aromatic amines is 1. The predicted molar refractivity (Wildman–Crippen MR) is 128 cm³/mol. The summed E-state index contributed by atoms with van der Waals surface area (Å²) < 4.78 is 1.55. The molecule has 1 saturated heterocycles. The van der Waals surface area contributed by atoms with E-state index in [2.05, 4.69) is 21.7 Å². The number of pyridine rings is 1. The molecule has 33 heavy (non-hydrogen) atoms. The zero-order valence-electron chi connectivity index (χ0n) is 20.0. The molecule has 2 aromatic rings. The van der Waals surface area contributed by atoms with Crippen LogP contribution in [0.2, 0.25) is 0 Å². The summed E-state index contributed by atoms with van der Waals surface area (Å²) in [5, 5.41) is 0.265. The van der Waals surface area contributed by atoms with Gasteiger partial charge in [-0.3, -0.25) is 19.1 Å². The van der Waals surface area contributed by atoms with Crippen LogP contribution in [-0.2, 0) is 6.54 Å². The Morgan fingerprint density at radius 2 is 1.79 bits per heavy atom. The SMILES string of the molecule is CCN1CCC(N(C(=O)c2cc(C3CC3)nc3c2c(=O)[nH]c(=O)n3CC(C)C)C2CC2)CC1. The number of carbonyl (C=O) groups is 1. The molecule has 2 aromatic heterocycles. The van der Waals surface area contributed by atoms with Crippen LogP contribution in [0.15, 0.2) is 15.7 Å². The zero-order chi connectivity index (χ0) is 23.3. The number of hydrogen-bond donors (Lipinski definition) is 1. The fourth-order valence-electron chi connectivity index (χ4n) is 5.22. The molecule has 178 valence electrons. The van der Waals surface area contributed by atoms with Crippen molar-refractivity contribution in [3.8, 4) is 0 Å². The van der Waals surface area contributed by atoms with Gasteiger partial charge >= 0.3 is 5.69 Å². The smallest absolute Gasteiger partial charge is 0.330 e. The van der Waals surface area contributed by atoms with Crippen LogP contribution in [0.25, 0.3) is 11.0 Å². The lowest BCUT2D eigenvalue weighted by molar-refractivity contribution is 0.0556. The van der Waals surface area contributed by atoms with Crippen LogP contribution in [-0.4, -0.2) is 62.0 Å². The highest BCUT2D eigenvalue weighted by Crippen LogP contribution is 2.41. The number of aromatic nitrogens is 3. The Bertz CT molecular complexity index is 1170. The third-order valence-electron chi connectivity index (χ3n) is 7.31. The molecule has 3 heterocycles. The summed E-state index contributed by atoms with van der Waals surface area (Å²) in [5.41, 5.74) is 0.660. The van der Waals surface area contributed by atoms with Gasteiger partial charge in [0, 0.05) is 43.3 Å². The molecule has 0 bridgehead atoms. The molecule has 2 saturated carbocycles. The van der Waals surface area contributed by atoms with Crippen LogP contribution < -0.4 is 11.2 Å². The van der Waals surface area contributed by atoms with Gasteiger partial charge in [-0.15, -0.1) is 0 Å². The molecule has 0 spiro atoms. The molecule has 1 aliphatic heterocycles. The first-order chi connectivity index (χ1) is 15.9. The minimum Gasteiger partial charge on any atom is -0.333 e. The molecule has 5 rings (SSSR count). The average molecular weight is 454 g/mol. The highest BCUT2D eigenvalue weighted by Gasteiger charge is 2.40. The molecule has 0 aromatic carbocycles. The fourth-order valence-corrected chi connectivity index (χ4v) is 5.22. The molecule has 2 aliphatic carbocycles. The maximum atomic E-state index is 14.1. The normalized spacial score (nSPS) is 20.0. The molecular formula is C25H35N5O3. The number of carbonyl (C=O) groups excluding carboxylic acids is 1. The van der Waals surface area contributed by atoms with Crippen LogP contribution in [0, 0.1) is 5.92 Å². The van der Waals surface area contributed by atoms with E-state index in [0.717, 1.165) is 63.9 Å². The van der Waals surface area contributed by atoms with E-state index in [1.807, 2.05) is 19.9 Å². The average Bonchev–Trinajstić information content (AvgIpc) is 3.69. The van der Waals surface area contributed by atoms with Gasteiger partial charge in [-0.1, -0.05) is 20.8 Å². The molecule has 8 heteroatoms. The van der Waals surface area contributed by atoms with Crippen molar-refractivity contribution in [3.05, 3.63) is 38.2 Å². The Kier molecular flexibility index (Phi) is 5.89. The molecule has 0 unspecified atom stereocenters. The summed E-state index contributed by atoms with van der Waals surface area (Å²) >= 11 is 0.